The van der Waals surface area contributed by atoms with E-state index in [1.807, 2.05) is 0 Å². The number of ether oxygens (including phenoxy) is 2. The van der Waals surface area contributed by atoms with E-state index in [2.05, 4.69) is 10.1 Å². The van der Waals surface area contributed by atoms with Crippen molar-refractivity contribution in [3.63, 3.8) is 0 Å². The van der Waals surface area contributed by atoms with E-state index in [0.29, 0.717) is 0 Å². The second kappa shape index (κ2) is 4.77. The van der Waals surface area contributed by atoms with Gasteiger partial charge in [-0.15, -0.1) is 0 Å². The fraction of sp³-hybridized carbons (Fsp3) is 0.778. The van der Waals surface area contributed by atoms with Crippen molar-refractivity contribution in [2.75, 3.05) is 0 Å². The highest BCUT2D eigenvalue weighted by Gasteiger charge is 2.46. The number of carbonyl (C=O) groups is 2. The van der Waals surface area contributed by atoms with Crippen LogP contribution in [-0.2, 0) is 19.1 Å². The number of hydrogen-bond donors (Lipinski definition) is 3. The van der Waals surface area contributed by atoms with Gasteiger partial charge in [0, 0.05) is 6.92 Å². The monoisotopic (exact) mass is 233 g/mol. The molecule has 1 heterocycles. The van der Waals surface area contributed by atoms with Gasteiger partial charge in [0.05, 0.1) is 24.7 Å². The zero-order chi connectivity index (χ0) is 12.3. The van der Waals surface area contributed by atoms with Gasteiger partial charge in [-0.3, -0.25) is 9.59 Å². The average molecular weight is 233 g/mol. The Bertz CT molecular complexity index is 269. The number of amides is 1. The normalized spacial score (nSPS) is 38.9. The first kappa shape index (κ1) is 12.9. The van der Waals surface area contributed by atoms with Crippen LogP contribution in [0.5, 0.6) is 0 Å². The van der Waals surface area contributed by atoms with Crippen molar-refractivity contribution in [1.82, 2.24) is 5.32 Å². The van der Waals surface area contributed by atoms with E-state index in [1.54, 1.807) is 6.92 Å². The zero-order valence-electron chi connectivity index (χ0n) is 9.04. The quantitative estimate of drug-likeness (QED) is 0.404. The molecule has 0 spiro atoms. The van der Waals surface area contributed by atoms with E-state index >= 15 is 0 Å². The summed E-state index contributed by atoms with van der Waals surface area (Å²) in [6.45, 7) is 2.89. The minimum absolute atomic E-state index is 0.0398. The van der Waals surface area contributed by atoms with Crippen LogP contribution in [0.25, 0.3) is 0 Å². The summed E-state index contributed by atoms with van der Waals surface area (Å²) in [6.07, 6.45) is -2.06. The summed E-state index contributed by atoms with van der Waals surface area (Å²) >= 11 is 0. The van der Waals surface area contributed by atoms with E-state index in [4.69, 9.17) is 4.74 Å². The lowest BCUT2D eigenvalue weighted by Crippen LogP contribution is -2.60. The number of rotatable bonds is 3. The van der Waals surface area contributed by atoms with E-state index < -0.39 is 24.2 Å². The van der Waals surface area contributed by atoms with Crippen molar-refractivity contribution in [2.45, 2.75) is 44.5 Å². The van der Waals surface area contributed by atoms with Crippen molar-refractivity contribution in [3.05, 3.63) is 0 Å². The molecule has 3 N–H and O–H groups in total. The summed E-state index contributed by atoms with van der Waals surface area (Å²) < 4.78 is 9.37. The van der Waals surface area contributed by atoms with Crippen molar-refractivity contribution in [2.24, 2.45) is 0 Å². The molecular weight excluding hydrogens is 218 g/mol. The maximum atomic E-state index is 10.9. The van der Waals surface area contributed by atoms with Crippen LogP contribution in [-0.4, -0.2) is 46.8 Å². The van der Waals surface area contributed by atoms with Crippen LogP contribution in [0, 0.1) is 0 Å². The molecule has 0 radical (unpaired) electrons. The molecule has 4 atom stereocenters. The van der Waals surface area contributed by atoms with Gasteiger partial charge in [-0.1, -0.05) is 0 Å². The summed E-state index contributed by atoms with van der Waals surface area (Å²) in [7, 11) is 0. The molecule has 7 nitrogen and oxygen atoms in total. The lowest BCUT2D eigenvalue weighted by Gasteiger charge is -2.41. The highest BCUT2D eigenvalue weighted by atomic mass is 16.8. The standard InChI is InChI=1S/C9H15NO6/c1-5-8(10-6(2)12)7(13)3-9(14,16-5)15-4-11/h4-5,7-8,13-14H,3H2,1-2H3,(H,10,12). The SMILES string of the molecule is CC(=O)NC1C(O)CC(O)(OC=O)OC1C. The summed E-state index contributed by atoms with van der Waals surface area (Å²) in [5.74, 6) is -2.45. The summed E-state index contributed by atoms with van der Waals surface area (Å²) in [5, 5.41) is 21.8. The van der Waals surface area contributed by atoms with Crippen LogP contribution in [0.1, 0.15) is 20.3 Å². The second-order valence-electron chi connectivity index (χ2n) is 3.75. The molecular formula is C9H15NO6. The highest BCUT2D eigenvalue weighted by molar-refractivity contribution is 5.73. The van der Waals surface area contributed by atoms with Crippen molar-refractivity contribution < 1.29 is 29.3 Å². The molecule has 1 amide bonds. The van der Waals surface area contributed by atoms with Crippen LogP contribution in [0.15, 0.2) is 0 Å². The first-order chi connectivity index (χ1) is 7.38. The minimum atomic E-state index is -2.13. The third-order valence-electron chi connectivity index (χ3n) is 2.36. The van der Waals surface area contributed by atoms with Crippen LogP contribution in [0.3, 0.4) is 0 Å². The maximum absolute atomic E-state index is 10.9. The molecule has 0 aromatic rings. The van der Waals surface area contributed by atoms with Gasteiger partial charge < -0.3 is 25.0 Å². The Morgan fingerprint density at radius 2 is 2.31 bits per heavy atom. The van der Waals surface area contributed by atoms with Crippen LogP contribution >= 0.6 is 0 Å². The predicted molar refractivity (Wildman–Crippen MR) is 50.9 cm³/mol. The smallest absolute Gasteiger partial charge is 0.329 e. The largest absolute Gasteiger partial charge is 0.410 e. The van der Waals surface area contributed by atoms with Gasteiger partial charge in [0.25, 0.3) is 6.47 Å². The maximum Gasteiger partial charge on any atom is 0.329 e. The van der Waals surface area contributed by atoms with Gasteiger partial charge in [-0.05, 0) is 6.92 Å². The molecule has 0 aromatic carbocycles. The van der Waals surface area contributed by atoms with E-state index in [1.165, 1.54) is 6.92 Å². The Morgan fingerprint density at radius 3 is 2.75 bits per heavy atom. The molecule has 92 valence electrons. The number of nitrogens with one attached hydrogen (secondary N) is 1. The lowest BCUT2D eigenvalue weighted by atomic mass is 9.98. The predicted octanol–water partition coefficient (Wildman–Crippen LogP) is -1.52. The Morgan fingerprint density at radius 1 is 1.69 bits per heavy atom. The Hall–Kier alpha value is -1.18. The highest BCUT2D eigenvalue weighted by Crippen LogP contribution is 2.27. The van der Waals surface area contributed by atoms with Crippen LogP contribution in [0.4, 0.5) is 0 Å². The zero-order valence-corrected chi connectivity index (χ0v) is 9.04. The van der Waals surface area contributed by atoms with E-state index in [-0.39, 0.29) is 18.8 Å². The fourth-order valence-corrected chi connectivity index (χ4v) is 1.72. The molecule has 0 bridgehead atoms. The van der Waals surface area contributed by atoms with Gasteiger partial charge in [0.1, 0.15) is 0 Å². The molecule has 7 heteroatoms. The van der Waals surface area contributed by atoms with Gasteiger partial charge >= 0.3 is 5.97 Å². The first-order valence-corrected chi connectivity index (χ1v) is 4.85. The molecule has 1 fully saturated rings. The number of carbonyl (C=O) groups excluding carboxylic acids is 2. The second-order valence-corrected chi connectivity index (χ2v) is 3.75. The van der Waals surface area contributed by atoms with Crippen molar-refractivity contribution in [1.29, 1.82) is 0 Å². The molecule has 0 saturated carbocycles. The third-order valence-corrected chi connectivity index (χ3v) is 2.36. The summed E-state index contributed by atoms with van der Waals surface area (Å²) in [4.78, 5) is 21.0. The number of aliphatic hydroxyl groups excluding tert-OH is 1. The Labute approximate surface area is 92.3 Å². The molecule has 4 unspecified atom stereocenters. The number of aliphatic hydroxyl groups is 2. The molecule has 1 aliphatic heterocycles. The lowest BCUT2D eigenvalue weighted by molar-refractivity contribution is -0.380. The Kier molecular flexibility index (Phi) is 3.84. The summed E-state index contributed by atoms with van der Waals surface area (Å²) in [5.41, 5.74) is 0. The Balaban J connectivity index is 2.70. The molecule has 0 aliphatic carbocycles. The van der Waals surface area contributed by atoms with Crippen LogP contribution < -0.4 is 5.32 Å². The van der Waals surface area contributed by atoms with Gasteiger partial charge in [0.15, 0.2) is 0 Å². The average Bonchev–Trinajstić information content (AvgIpc) is 2.11. The summed E-state index contributed by atoms with van der Waals surface area (Å²) in [6, 6.07) is -0.645. The minimum Gasteiger partial charge on any atom is -0.410 e. The molecule has 1 saturated heterocycles. The number of hydrogen-bond acceptors (Lipinski definition) is 6. The molecule has 1 aliphatic rings. The van der Waals surface area contributed by atoms with Crippen LogP contribution in [0.2, 0.25) is 0 Å². The fourth-order valence-electron chi connectivity index (χ4n) is 1.72. The van der Waals surface area contributed by atoms with Gasteiger partial charge in [-0.2, -0.15) is 0 Å². The molecule has 0 aromatic heterocycles. The van der Waals surface area contributed by atoms with Gasteiger partial charge in [0.2, 0.25) is 5.91 Å². The van der Waals surface area contributed by atoms with E-state index in [9.17, 15) is 19.8 Å². The molecule has 1 rings (SSSR count). The van der Waals surface area contributed by atoms with Crippen molar-refractivity contribution >= 4 is 12.4 Å². The first-order valence-electron chi connectivity index (χ1n) is 4.85. The van der Waals surface area contributed by atoms with Gasteiger partial charge in [-0.25, -0.2) is 0 Å². The van der Waals surface area contributed by atoms with E-state index in [0.717, 1.165) is 0 Å². The topological polar surface area (TPSA) is 105 Å². The van der Waals surface area contributed by atoms with Crippen molar-refractivity contribution in [3.8, 4) is 0 Å². The third kappa shape index (κ3) is 2.91. The molecule has 16 heavy (non-hydrogen) atoms.